The van der Waals surface area contributed by atoms with E-state index in [1.54, 1.807) is 32.9 Å². The Morgan fingerprint density at radius 2 is 1.89 bits per heavy atom. The number of rotatable bonds is 4. The first kappa shape index (κ1) is 17.7. The molecule has 1 unspecified atom stereocenters. The summed E-state index contributed by atoms with van der Waals surface area (Å²) in [6, 6.07) is 2.04. The largest absolute Gasteiger partial charge is 0.507 e. The highest BCUT2D eigenvalue weighted by molar-refractivity contribution is 5.85. The van der Waals surface area contributed by atoms with Gasteiger partial charge in [-0.1, -0.05) is 12.1 Å². The minimum absolute atomic E-state index is 0. The number of hydrogen-bond acceptors (Lipinski definition) is 4. The lowest BCUT2D eigenvalue weighted by Gasteiger charge is -2.17. The molecule has 0 aromatic heterocycles. The maximum atomic E-state index is 13.8. The van der Waals surface area contributed by atoms with Crippen molar-refractivity contribution in [2.24, 2.45) is 5.73 Å². The van der Waals surface area contributed by atoms with Gasteiger partial charge in [0.15, 0.2) is 0 Å². The van der Waals surface area contributed by atoms with E-state index in [4.69, 9.17) is 5.73 Å². The number of benzene rings is 1. The van der Waals surface area contributed by atoms with Crippen molar-refractivity contribution in [1.29, 1.82) is 0 Å². The van der Waals surface area contributed by atoms with Crippen LogP contribution in [0.15, 0.2) is 12.1 Å². The molecular formula is C13H19ClFNO3. The molecule has 0 saturated carbocycles. The second kappa shape index (κ2) is 7.31. The molecule has 0 aliphatic carbocycles. The first-order valence-electron chi connectivity index (χ1n) is 5.74. The molecule has 0 saturated heterocycles. The van der Waals surface area contributed by atoms with E-state index < -0.39 is 18.2 Å². The number of carbonyl (C=O) groups excluding carboxylic acids is 1. The van der Waals surface area contributed by atoms with Crippen LogP contribution in [0.5, 0.6) is 5.75 Å². The van der Waals surface area contributed by atoms with Crippen LogP contribution < -0.4 is 5.73 Å². The van der Waals surface area contributed by atoms with Crippen molar-refractivity contribution >= 4 is 18.4 Å². The van der Waals surface area contributed by atoms with E-state index in [0.717, 1.165) is 0 Å². The molecule has 1 aromatic rings. The zero-order chi connectivity index (χ0) is 13.9. The average Bonchev–Trinajstić information content (AvgIpc) is 2.33. The number of aromatic hydroxyl groups is 1. The molecule has 0 heterocycles. The Bertz CT molecular complexity index is 431. The Morgan fingerprint density at radius 3 is 2.32 bits per heavy atom. The second-order valence-electron chi connectivity index (χ2n) is 4.18. The summed E-state index contributed by atoms with van der Waals surface area (Å²) in [7, 11) is 0. The fraction of sp³-hybridized carbons (Fsp3) is 0.462. The molecule has 0 spiro atoms. The van der Waals surface area contributed by atoms with Crippen molar-refractivity contribution in [1.82, 2.24) is 0 Å². The first-order chi connectivity index (χ1) is 8.38. The van der Waals surface area contributed by atoms with Gasteiger partial charge in [0.2, 0.25) is 6.17 Å². The molecule has 108 valence electrons. The van der Waals surface area contributed by atoms with Crippen LogP contribution in [-0.2, 0) is 9.53 Å². The molecule has 0 aliphatic rings. The van der Waals surface area contributed by atoms with Crippen molar-refractivity contribution in [3.63, 3.8) is 0 Å². The summed E-state index contributed by atoms with van der Waals surface area (Å²) < 4.78 is 18.4. The van der Waals surface area contributed by atoms with E-state index in [9.17, 15) is 14.3 Å². The van der Waals surface area contributed by atoms with Gasteiger partial charge in [-0.15, -0.1) is 12.4 Å². The highest BCUT2D eigenvalue weighted by Gasteiger charge is 2.28. The number of alkyl halides is 1. The minimum atomic E-state index is -1.91. The number of halogens is 2. The number of phenolic OH excluding ortho intramolecular Hbond substituents is 1. The van der Waals surface area contributed by atoms with Crippen molar-refractivity contribution in [3.05, 3.63) is 28.8 Å². The van der Waals surface area contributed by atoms with Gasteiger partial charge < -0.3 is 15.6 Å². The van der Waals surface area contributed by atoms with Gasteiger partial charge in [-0.3, -0.25) is 0 Å². The van der Waals surface area contributed by atoms with Crippen molar-refractivity contribution in [2.75, 3.05) is 6.61 Å². The molecule has 6 heteroatoms. The monoisotopic (exact) mass is 291 g/mol. The number of phenols is 1. The lowest BCUT2D eigenvalue weighted by atomic mass is 9.98. The van der Waals surface area contributed by atoms with Crippen LogP contribution in [0, 0.1) is 13.8 Å². The number of ether oxygens (including phenoxy) is 1. The first-order valence-corrected chi connectivity index (χ1v) is 5.74. The summed E-state index contributed by atoms with van der Waals surface area (Å²) >= 11 is 0. The zero-order valence-electron chi connectivity index (χ0n) is 11.1. The average molecular weight is 292 g/mol. The van der Waals surface area contributed by atoms with Gasteiger partial charge in [0, 0.05) is 0 Å². The summed E-state index contributed by atoms with van der Waals surface area (Å²) in [5.41, 5.74) is 7.35. The van der Waals surface area contributed by atoms with Crippen LogP contribution in [0.2, 0.25) is 0 Å². The van der Waals surface area contributed by atoms with E-state index in [2.05, 4.69) is 4.74 Å². The Kier molecular flexibility index (Phi) is 6.79. The van der Waals surface area contributed by atoms with Crippen molar-refractivity contribution in [2.45, 2.75) is 33.0 Å². The predicted octanol–water partition coefficient (Wildman–Crippen LogP) is 2.33. The molecular weight excluding hydrogens is 273 g/mol. The molecule has 0 radical (unpaired) electrons. The molecule has 19 heavy (non-hydrogen) atoms. The molecule has 1 rings (SSSR count). The summed E-state index contributed by atoms with van der Waals surface area (Å²) in [6.45, 7) is 5.09. The Hall–Kier alpha value is -1.33. The van der Waals surface area contributed by atoms with Crippen molar-refractivity contribution < 1.29 is 19.0 Å². The molecule has 1 aromatic carbocycles. The van der Waals surface area contributed by atoms with E-state index in [-0.39, 0.29) is 24.8 Å². The predicted molar refractivity (Wildman–Crippen MR) is 73.3 cm³/mol. The highest BCUT2D eigenvalue weighted by Crippen LogP contribution is 2.27. The van der Waals surface area contributed by atoms with Gasteiger partial charge in [-0.25, -0.2) is 9.18 Å². The lowest BCUT2D eigenvalue weighted by molar-refractivity contribution is -0.149. The SMILES string of the molecule is CCOC(=O)C(F)[C@H](N)c1cc(C)c(O)c(C)c1.Cl. The Morgan fingerprint density at radius 1 is 1.42 bits per heavy atom. The number of hydrogen-bond donors (Lipinski definition) is 2. The molecule has 4 nitrogen and oxygen atoms in total. The number of nitrogens with two attached hydrogens (primary N) is 1. The zero-order valence-corrected chi connectivity index (χ0v) is 12.0. The fourth-order valence-corrected chi connectivity index (χ4v) is 1.72. The number of aryl methyl sites for hydroxylation is 2. The summed E-state index contributed by atoms with van der Waals surface area (Å²) in [5, 5.41) is 9.62. The summed E-state index contributed by atoms with van der Waals surface area (Å²) in [5.74, 6) is -0.814. The normalized spacial score (nSPS) is 13.3. The van der Waals surface area contributed by atoms with Crippen LogP contribution >= 0.6 is 12.4 Å². The van der Waals surface area contributed by atoms with E-state index in [0.29, 0.717) is 16.7 Å². The Balaban J connectivity index is 0.00000324. The summed E-state index contributed by atoms with van der Waals surface area (Å²) in [4.78, 5) is 11.3. The van der Waals surface area contributed by atoms with Gasteiger partial charge in [0.25, 0.3) is 0 Å². The third-order valence-electron chi connectivity index (χ3n) is 2.73. The molecule has 0 amide bonds. The maximum Gasteiger partial charge on any atom is 0.342 e. The van der Waals surface area contributed by atoms with Crippen molar-refractivity contribution in [3.8, 4) is 5.75 Å². The number of carbonyl (C=O) groups is 1. The van der Waals surface area contributed by atoms with Crippen LogP contribution in [0.4, 0.5) is 4.39 Å². The van der Waals surface area contributed by atoms with Gasteiger partial charge >= 0.3 is 5.97 Å². The van der Waals surface area contributed by atoms with E-state index in [1.165, 1.54) is 0 Å². The number of esters is 1. The van der Waals surface area contributed by atoms with Crippen LogP contribution in [-0.4, -0.2) is 23.9 Å². The topological polar surface area (TPSA) is 72.5 Å². The molecule has 0 fully saturated rings. The summed E-state index contributed by atoms with van der Waals surface area (Å²) in [6.07, 6.45) is -1.91. The third kappa shape index (κ3) is 4.08. The van der Waals surface area contributed by atoms with Gasteiger partial charge in [0.1, 0.15) is 5.75 Å². The molecule has 0 bridgehead atoms. The smallest absolute Gasteiger partial charge is 0.342 e. The maximum absolute atomic E-state index is 13.8. The van der Waals surface area contributed by atoms with Gasteiger partial charge in [-0.05, 0) is 37.5 Å². The highest BCUT2D eigenvalue weighted by atomic mass is 35.5. The lowest BCUT2D eigenvalue weighted by Crippen LogP contribution is -2.31. The van der Waals surface area contributed by atoms with E-state index in [1.807, 2.05) is 0 Å². The molecule has 0 aliphatic heterocycles. The molecule has 2 atom stereocenters. The third-order valence-corrected chi connectivity index (χ3v) is 2.73. The van der Waals surface area contributed by atoms with E-state index >= 15 is 0 Å². The fourth-order valence-electron chi connectivity index (χ4n) is 1.72. The minimum Gasteiger partial charge on any atom is -0.507 e. The standard InChI is InChI=1S/C13H18FNO3.ClH/c1-4-18-13(17)10(14)11(15)9-5-7(2)12(16)8(3)6-9;/h5-6,10-11,16H,4,15H2,1-3H3;1H/t10?,11-;/m1./s1. The second-order valence-corrected chi connectivity index (χ2v) is 4.18. The van der Waals surface area contributed by atoms with Gasteiger partial charge in [-0.2, -0.15) is 0 Å². The van der Waals surface area contributed by atoms with Crippen LogP contribution in [0.1, 0.15) is 29.7 Å². The van der Waals surface area contributed by atoms with Gasteiger partial charge in [0.05, 0.1) is 12.6 Å². The quantitative estimate of drug-likeness (QED) is 0.835. The van der Waals surface area contributed by atoms with Crippen LogP contribution in [0.3, 0.4) is 0 Å². The Labute approximate surface area is 118 Å². The molecule has 3 N–H and O–H groups in total. The van der Waals surface area contributed by atoms with Crippen LogP contribution in [0.25, 0.3) is 0 Å².